The van der Waals surface area contributed by atoms with Crippen molar-refractivity contribution in [2.24, 2.45) is 0 Å². The van der Waals surface area contributed by atoms with Gasteiger partial charge in [0.2, 0.25) is 5.88 Å². The molecule has 0 atom stereocenters. The van der Waals surface area contributed by atoms with Crippen molar-refractivity contribution in [2.45, 2.75) is 13.0 Å². The quantitative estimate of drug-likeness (QED) is 0.644. The van der Waals surface area contributed by atoms with Gasteiger partial charge in [-0.2, -0.15) is 5.10 Å². The van der Waals surface area contributed by atoms with Crippen LogP contribution in [-0.4, -0.2) is 29.5 Å². The lowest BCUT2D eigenvalue weighted by Crippen LogP contribution is -2.38. The molecule has 1 fully saturated rings. The van der Waals surface area contributed by atoms with E-state index in [4.69, 9.17) is 9.47 Å². The van der Waals surface area contributed by atoms with Crippen molar-refractivity contribution < 1.29 is 9.47 Å². The van der Waals surface area contributed by atoms with Crippen LogP contribution in [0.25, 0.3) is 0 Å². The van der Waals surface area contributed by atoms with Crippen LogP contribution < -0.4 is 4.74 Å². The third-order valence-corrected chi connectivity index (χ3v) is 1.67. The average molecular weight is 166 g/mol. The van der Waals surface area contributed by atoms with E-state index in [-0.39, 0.29) is 6.10 Å². The van der Waals surface area contributed by atoms with Gasteiger partial charge in [0.15, 0.2) is 0 Å². The minimum absolute atomic E-state index is 0.169. The van der Waals surface area contributed by atoms with E-state index in [2.05, 4.69) is 10.2 Å². The van der Waals surface area contributed by atoms with E-state index in [0.717, 1.165) is 5.69 Å². The number of aryl methyl sites for hydroxylation is 1. The first-order valence-electron chi connectivity index (χ1n) is 3.89. The Bertz CT molecular complexity index is 256. The number of hydrogen-bond donors (Lipinski definition) is 0. The van der Waals surface area contributed by atoms with Gasteiger partial charge in [-0.25, -0.2) is 0 Å². The summed E-state index contributed by atoms with van der Waals surface area (Å²) in [5, 5.41) is 7.75. The Kier molecular flexibility index (Phi) is 1.91. The third-order valence-electron chi connectivity index (χ3n) is 1.67. The van der Waals surface area contributed by atoms with E-state index in [1.165, 1.54) is 0 Å². The maximum Gasteiger partial charge on any atom is 0.233 e. The van der Waals surface area contributed by atoms with Crippen molar-refractivity contribution in [3.63, 3.8) is 0 Å². The fraction of sp³-hybridized carbons (Fsp3) is 0.500. The van der Waals surface area contributed by atoms with Gasteiger partial charge in [-0.3, -0.25) is 0 Å². The van der Waals surface area contributed by atoms with Gasteiger partial charge in [0.05, 0.1) is 18.9 Å². The molecule has 0 spiro atoms. The summed E-state index contributed by atoms with van der Waals surface area (Å²) in [5.41, 5.74) is 0.896. The number of ether oxygens (including phenoxy) is 2. The smallest absolute Gasteiger partial charge is 0.233 e. The average Bonchev–Trinajstić information content (AvgIpc) is 2.00. The molecule has 1 aliphatic heterocycles. The molecule has 0 aliphatic carbocycles. The Morgan fingerprint density at radius 2 is 2.25 bits per heavy atom. The molecule has 0 amide bonds. The van der Waals surface area contributed by atoms with Gasteiger partial charge in [-0.15, -0.1) is 5.10 Å². The molecule has 0 radical (unpaired) electrons. The highest BCUT2D eigenvalue weighted by molar-refractivity contribution is 5.10. The molecule has 1 aliphatic rings. The van der Waals surface area contributed by atoms with Crippen LogP contribution in [0.5, 0.6) is 5.88 Å². The predicted octanol–water partition coefficient (Wildman–Crippen LogP) is 0.563. The zero-order valence-electron chi connectivity index (χ0n) is 6.86. The number of hydrogen-bond acceptors (Lipinski definition) is 4. The maximum absolute atomic E-state index is 5.41. The highest BCUT2D eigenvalue weighted by Gasteiger charge is 2.20. The van der Waals surface area contributed by atoms with Crippen LogP contribution in [0.2, 0.25) is 0 Å². The summed E-state index contributed by atoms with van der Waals surface area (Å²) in [6.45, 7) is 3.22. The molecule has 4 heteroatoms. The van der Waals surface area contributed by atoms with Crippen LogP contribution in [0.4, 0.5) is 0 Å². The Labute approximate surface area is 70.5 Å². The van der Waals surface area contributed by atoms with E-state index >= 15 is 0 Å². The minimum atomic E-state index is 0.169. The highest BCUT2D eigenvalue weighted by atomic mass is 16.6. The van der Waals surface area contributed by atoms with E-state index < -0.39 is 0 Å². The molecule has 0 unspecified atom stereocenters. The second-order valence-corrected chi connectivity index (χ2v) is 2.79. The number of rotatable bonds is 2. The summed E-state index contributed by atoms with van der Waals surface area (Å²) >= 11 is 0. The monoisotopic (exact) mass is 166 g/mol. The number of nitrogens with zero attached hydrogens (tertiary/aromatic N) is 2. The molecule has 2 heterocycles. The summed E-state index contributed by atoms with van der Waals surface area (Å²) in [5.74, 6) is 0.578. The van der Waals surface area contributed by atoms with E-state index in [9.17, 15) is 0 Å². The Balaban J connectivity index is 1.98. The summed E-state index contributed by atoms with van der Waals surface area (Å²) in [4.78, 5) is 0. The number of aromatic nitrogens is 2. The molecule has 0 N–H and O–H groups in total. The molecule has 1 saturated heterocycles. The van der Waals surface area contributed by atoms with Crippen molar-refractivity contribution >= 4 is 0 Å². The van der Waals surface area contributed by atoms with Crippen molar-refractivity contribution in [1.29, 1.82) is 0 Å². The summed E-state index contributed by atoms with van der Waals surface area (Å²) in [7, 11) is 0. The van der Waals surface area contributed by atoms with E-state index in [1.54, 1.807) is 0 Å². The maximum atomic E-state index is 5.41. The van der Waals surface area contributed by atoms with Crippen molar-refractivity contribution in [2.75, 3.05) is 13.2 Å². The van der Waals surface area contributed by atoms with E-state index in [0.29, 0.717) is 19.1 Å². The molecule has 0 saturated carbocycles. The predicted molar refractivity (Wildman–Crippen MR) is 42.0 cm³/mol. The van der Waals surface area contributed by atoms with Gasteiger partial charge < -0.3 is 9.47 Å². The molecule has 0 bridgehead atoms. The Morgan fingerprint density at radius 3 is 2.75 bits per heavy atom. The molecular weight excluding hydrogens is 156 g/mol. The topological polar surface area (TPSA) is 44.2 Å². The van der Waals surface area contributed by atoms with Crippen LogP contribution in [0.15, 0.2) is 12.1 Å². The first-order valence-corrected chi connectivity index (χ1v) is 3.89. The molecule has 0 aromatic carbocycles. The van der Waals surface area contributed by atoms with Gasteiger partial charge in [-0.1, -0.05) is 0 Å². The van der Waals surface area contributed by atoms with Gasteiger partial charge in [0.1, 0.15) is 6.10 Å². The fourth-order valence-electron chi connectivity index (χ4n) is 0.902. The van der Waals surface area contributed by atoms with Crippen molar-refractivity contribution in [3.8, 4) is 5.88 Å². The first-order chi connectivity index (χ1) is 5.84. The lowest BCUT2D eigenvalue weighted by Gasteiger charge is -2.25. The third kappa shape index (κ3) is 1.53. The lowest BCUT2D eigenvalue weighted by molar-refractivity contribution is -0.0816. The minimum Gasteiger partial charge on any atom is -0.468 e. The summed E-state index contributed by atoms with van der Waals surface area (Å²) in [6, 6.07) is 3.70. The fourth-order valence-corrected chi connectivity index (χ4v) is 0.902. The molecule has 1 aromatic heterocycles. The SMILES string of the molecule is Cc1ccc(OC2COC2)nn1. The zero-order chi connectivity index (χ0) is 8.39. The van der Waals surface area contributed by atoms with Gasteiger partial charge >= 0.3 is 0 Å². The summed E-state index contributed by atoms with van der Waals surface area (Å²) in [6.07, 6.45) is 0.169. The van der Waals surface area contributed by atoms with Gasteiger partial charge in [0.25, 0.3) is 0 Å². The largest absolute Gasteiger partial charge is 0.468 e. The second kappa shape index (κ2) is 3.06. The Hall–Kier alpha value is -1.16. The highest BCUT2D eigenvalue weighted by Crippen LogP contribution is 2.11. The first kappa shape index (κ1) is 7.49. The summed E-state index contributed by atoms with van der Waals surface area (Å²) < 4.78 is 10.4. The van der Waals surface area contributed by atoms with Crippen LogP contribution in [-0.2, 0) is 4.74 Å². The molecule has 12 heavy (non-hydrogen) atoms. The van der Waals surface area contributed by atoms with Gasteiger partial charge in [0, 0.05) is 6.07 Å². The molecule has 64 valence electrons. The molecule has 2 rings (SSSR count). The Morgan fingerprint density at radius 1 is 1.42 bits per heavy atom. The molecule has 4 nitrogen and oxygen atoms in total. The second-order valence-electron chi connectivity index (χ2n) is 2.79. The van der Waals surface area contributed by atoms with Crippen molar-refractivity contribution in [3.05, 3.63) is 17.8 Å². The van der Waals surface area contributed by atoms with Crippen LogP contribution in [0.3, 0.4) is 0 Å². The van der Waals surface area contributed by atoms with Crippen LogP contribution in [0, 0.1) is 6.92 Å². The van der Waals surface area contributed by atoms with Crippen LogP contribution in [0.1, 0.15) is 5.69 Å². The van der Waals surface area contributed by atoms with Crippen molar-refractivity contribution in [1.82, 2.24) is 10.2 Å². The van der Waals surface area contributed by atoms with Crippen LogP contribution >= 0.6 is 0 Å². The standard InChI is InChI=1S/C8H10N2O2/c1-6-2-3-8(10-9-6)12-7-4-11-5-7/h2-3,7H,4-5H2,1H3. The lowest BCUT2D eigenvalue weighted by atomic mass is 10.3. The van der Waals surface area contributed by atoms with E-state index in [1.807, 2.05) is 19.1 Å². The van der Waals surface area contributed by atoms with Gasteiger partial charge in [-0.05, 0) is 13.0 Å². The normalized spacial score (nSPS) is 17.1. The zero-order valence-corrected chi connectivity index (χ0v) is 6.86. The molecule has 1 aromatic rings. The molecular formula is C8H10N2O2.